The lowest BCUT2D eigenvalue weighted by Gasteiger charge is -2.01. The molecule has 5 heteroatoms. The van der Waals surface area contributed by atoms with E-state index in [9.17, 15) is 0 Å². The molecular formula is C10H8BrClN2O. The lowest BCUT2D eigenvalue weighted by molar-refractivity contribution is 0.391. The lowest BCUT2D eigenvalue weighted by Crippen LogP contribution is -1.86. The van der Waals surface area contributed by atoms with E-state index in [4.69, 9.17) is 16.1 Å². The fraction of sp³-hybridized carbons (Fsp3) is 0.200. The summed E-state index contributed by atoms with van der Waals surface area (Å²) in [6, 6.07) is 5.85. The van der Waals surface area contributed by atoms with Gasteiger partial charge in [0.15, 0.2) is 0 Å². The molecule has 0 aliphatic carbocycles. The van der Waals surface area contributed by atoms with E-state index < -0.39 is 0 Å². The highest BCUT2D eigenvalue weighted by Crippen LogP contribution is 2.26. The van der Waals surface area contributed by atoms with Crippen LogP contribution >= 0.6 is 27.5 Å². The molecule has 1 aromatic carbocycles. The van der Waals surface area contributed by atoms with Gasteiger partial charge >= 0.3 is 0 Å². The predicted octanol–water partition coefficient (Wildman–Crippen LogP) is 3.55. The summed E-state index contributed by atoms with van der Waals surface area (Å²) in [4.78, 5) is 4.17. The molecular weight excluding hydrogens is 279 g/mol. The number of alkyl halides is 1. The fourth-order valence-electron chi connectivity index (χ4n) is 1.27. The van der Waals surface area contributed by atoms with Crippen molar-refractivity contribution in [3.05, 3.63) is 34.1 Å². The molecule has 15 heavy (non-hydrogen) atoms. The molecule has 1 aromatic heterocycles. The Morgan fingerprint density at radius 2 is 2.27 bits per heavy atom. The Morgan fingerprint density at radius 3 is 2.93 bits per heavy atom. The number of rotatable bonds is 2. The molecule has 0 saturated carbocycles. The normalized spacial score (nSPS) is 10.6. The van der Waals surface area contributed by atoms with Gasteiger partial charge in [0.25, 0.3) is 0 Å². The zero-order chi connectivity index (χ0) is 10.8. The second-order valence-electron chi connectivity index (χ2n) is 3.06. The fourth-order valence-corrected chi connectivity index (χ4v) is 1.74. The molecule has 0 aliphatic heterocycles. The SMILES string of the molecule is Cc1c(Br)cccc1-c1noc(CCl)n1. The van der Waals surface area contributed by atoms with Gasteiger partial charge in [-0.1, -0.05) is 33.2 Å². The Hall–Kier alpha value is -0.870. The predicted molar refractivity (Wildman–Crippen MR) is 61.7 cm³/mol. The largest absolute Gasteiger partial charge is 0.338 e. The van der Waals surface area contributed by atoms with E-state index in [2.05, 4.69) is 26.1 Å². The van der Waals surface area contributed by atoms with E-state index in [1.54, 1.807) is 0 Å². The summed E-state index contributed by atoms with van der Waals surface area (Å²) in [5, 5.41) is 3.87. The first-order valence-corrected chi connectivity index (χ1v) is 5.69. The lowest BCUT2D eigenvalue weighted by atomic mass is 10.1. The summed E-state index contributed by atoms with van der Waals surface area (Å²) >= 11 is 9.05. The third-order valence-electron chi connectivity index (χ3n) is 2.09. The first-order chi connectivity index (χ1) is 7.22. The van der Waals surface area contributed by atoms with E-state index in [0.29, 0.717) is 11.7 Å². The van der Waals surface area contributed by atoms with Crippen LogP contribution in [0.4, 0.5) is 0 Å². The minimum Gasteiger partial charge on any atom is -0.338 e. The van der Waals surface area contributed by atoms with E-state index in [-0.39, 0.29) is 5.88 Å². The minimum absolute atomic E-state index is 0.236. The summed E-state index contributed by atoms with van der Waals surface area (Å²) in [5.41, 5.74) is 2.03. The van der Waals surface area contributed by atoms with Gasteiger partial charge in [0.2, 0.25) is 11.7 Å². The molecule has 0 saturated heterocycles. The summed E-state index contributed by atoms with van der Waals surface area (Å²) < 4.78 is 5.98. The van der Waals surface area contributed by atoms with Crippen LogP contribution in [-0.4, -0.2) is 10.1 Å². The Labute approximate surface area is 101 Å². The molecule has 0 unspecified atom stereocenters. The van der Waals surface area contributed by atoms with E-state index in [1.165, 1.54) is 0 Å². The van der Waals surface area contributed by atoms with Gasteiger partial charge in [-0.05, 0) is 18.6 Å². The average Bonchev–Trinajstić information content (AvgIpc) is 2.70. The van der Waals surface area contributed by atoms with Crippen molar-refractivity contribution in [3.63, 3.8) is 0 Å². The van der Waals surface area contributed by atoms with Crippen molar-refractivity contribution >= 4 is 27.5 Å². The highest BCUT2D eigenvalue weighted by Gasteiger charge is 2.11. The van der Waals surface area contributed by atoms with Gasteiger partial charge < -0.3 is 4.52 Å². The van der Waals surface area contributed by atoms with Crippen LogP contribution in [0.15, 0.2) is 27.2 Å². The Bertz CT molecular complexity index is 484. The highest BCUT2D eigenvalue weighted by atomic mass is 79.9. The molecule has 2 aromatic rings. The van der Waals surface area contributed by atoms with E-state index >= 15 is 0 Å². The summed E-state index contributed by atoms with van der Waals surface area (Å²) in [6.45, 7) is 2.00. The van der Waals surface area contributed by atoms with Crippen molar-refractivity contribution in [2.75, 3.05) is 0 Å². The molecule has 0 N–H and O–H groups in total. The first kappa shape index (κ1) is 10.6. The molecule has 0 spiro atoms. The smallest absolute Gasteiger partial charge is 0.241 e. The molecule has 1 heterocycles. The third-order valence-corrected chi connectivity index (χ3v) is 3.18. The van der Waals surface area contributed by atoms with Gasteiger partial charge in [0.1, 0.15) is 5.88 Å². The topological polar surface area (TPSA) is 38.9 Å². The van der Waals surface area contributed by atoms with Crippen molar-refractivity contribution in [2.45, 2.75) is 12.8 Å². The van der Waals surface area contributed by atoms with Crippen molar-refractivity contribution in [1.82, 2.24) is 10.1 Å². The minimum atomic E-state index is 0.236. The van der Waals surface area contributed by atoms with Crippen LogP contribution in [0.25, 0.3) is 11.4 Å². The number of hydrogen-bond donors (Lipinski definition) is 0. The first-order valence-electron chi connectivity index (χ1n) is 4.36. The van der Waals surface area contributed by atoms with Gasteiger partial charge in [-0.15, -0.1) is 11.6 Å². The van der Waals surface area contributed by atoms with Crippen molar-refractivity contribution in [2.24, 2.45) is 0 Å². The maximum Gasteiger partial charge on any atom is 0.241 e. The molecule has 3 nitrogen and oxygen atoms in total. The van der Waals surface area contributed by atoms with Gasteiger partial charge in [-0.25, -0.2) is 0 Å². The summed E-state index contributed by atoms with van der Waals surface area (Å²) in [5.74, 6) is 1.25. The maximum absolute atomic E-state index is 5.59. The van der Waals surface area contributed by atoms with Crippen LogP contribution in [0.5, 0.6) is 0 Å². The number of nitrogens with zero attached hydrogens (tertiary/aromatic N) is 2. The van der Waals surface area contributed by atoms with Crippen molar-refractivity contribution in [3.8, 4) is 11.4 Å². The van der Waals surface area contributed by atoms with Crippen LogP contribution in [0.1, 0.15) is 11.5 Å². The number of hydrogen-bond acceptors (Lipinski definition) is 3. The van der Waals surface area contributed by atoms with E-state index in [0.717, 1.165) is 15.6 Å². The maximum atomic E-state index is 5.59. The van der Waals surface area contributed by atoms with Crippen LogP contribution in [0.2, 0.25) is 0 Å². The van der Waals surface area contributed by atoms with Crippen LogP contribution < -0.4 is 0 Å². The molecule has 2 rings (SSSR count). The quantitative estimate of drug-likeness (QED) is 0.793. The van der Waals surface area contributed by atoms with Crippen LogP contribution in [-0.2, 0) is 5.88 Å². The molecule has 0 amide bonds. The van der Waals surface area contributed by atoms with Gasteiger partial charge in [0.05, 0.1) is 0 Å². The summed E-state index contributed by atoms with van der Waals surface area (Å²) in [6.07, 6.45) is 0. The molecule has 0 bridgehead atoms. The van der Waals surface area contributed by atoms with Crippen molar-refractivity contribution in [1.29, 1.82) is 0 Å². The van der Waals surface area contributed by atoms with Crippen LogP contribution in [0, 0.1) is 6.92 Å². The molecule has 0 atom stereocenters. The standard InChI is InChI=1S/C10H8BrClN2O/c1-6-7(3-2-4-8(6)11)10-13-9(5-12)15-14-10/h2-4H,5H2,1H3. The number of benzene rings is 1. The van der Waals surface area contributed by atoms with Gasteiger partial charge in [0, 0.05) is 10.0 Å². The zero-order valence-electron chi connectivity index (χ0n) is 8.00. The Balaban J connectivity index is 2.49. The third kappa shape index (κ3) is 2.06. The van der Waals surface area contributed by atoms with Crippen molar-refractivity contribution < 1.29 is 4.52 Å². The molecule has 78 valence electrons. The average molecular weight is 288 g/mol. The van der Waals surface area contributed by atoms with Crippen LogP contribution in [0.3, 0.4) is 0 Å². The molecule has 0 fully saturated rings. The number of aromatic nitrogens is 2. The monoisotopic (exact) mass is 286 g/mol. The van der Waals surface area contributed by atoms with Gasteiger partial charge in [-0.3, -0.25) is 0 Å². The second-order valence-corrected chi connectivity index (χ2v) is 4.18. The Morgan fingerprint density at radius 1 is 1.47 bits per heavy atom. The summed E-state index contributed by atoms with van der Waals surface area (Å²) in [7, 11) is 0. The van der Waals surface area contributed by atoms with Gasteiger partial charge in [-0.2, -0.15) is 4.98 Å². The number of halogens is 2. The second kappa shape index (κ2) is 4.33. The Kier molecular flexibility index (Phi) is 3.07. The highest BCUT2D eigenvalue weighted by molar-refractivity contribution is 9.10. The molecule has 0 aliphatic rings. The van der Waals surface area contributed by atoms with E-state index in [1.807, 2.05) is 25.1 Å². The molecule has 0 radical (unpaired) electrons. The zero-order valence-corrected chi connectivity index (χ0v) is 10.3.